The van der Waals surface area contributed by atoms with Crippen molar-refractivity contribution >= 4 is 36.7 Å². The van der Waals surface area contributed by atoms with Crippen LogP contribution >= 0.6 is 15.9 Å². The van der Waals surface area contributed by atoms with Gasteiger partial charge in [0, 0.05) is 34.4 Å². The number of rotatable bonds is 4. The van der Waals surface area contributed by atoms with Crippen LogP contribution in [0.2, 0.25) is 0 Å². The quantitative estimate of drug-likeness (QED) is 0.870. The molecule has 0 saturated heterocycles. The van der Waals surface area contributed by atoms with Crippen molar-refractivity contribution in [2.24, 2.45) is 0 Å². The van der Waals surface area contributed by atoms with Crippen LogP contribution in [0.15, 0.2) is 34.9 Å². The van der Waals surface area contributed by atoms with Gasteiger partial charge in [-0.25, -0.2) is 8.42 Å². The van der Waals surface area contributed by atoms with Crippen LogP contribution in [0, 0.1) is 0 Å². The molecule has 2 rings (SSSR count). The molecule has 0 amide bonds. The molecule has 3 nitrogen and oxygen atoms in total. The molecule has 0 saturated carbocycles. The van der Waals surface area contributed by atoms with E-state index in [2.05, 4.69) is 20.5 Å². The number of sulfone groups is 1. The van der Waals surface area contributed by atoms with E-state index in [0.717, 1.165) is 21.9 Å². The summed E-state index contributed by atoms with van der Waals surface area (Å²) in [6.45, 7) is 0.729. The molecule has 2 aromatic rings. The van der Waals surface area contributed by atoms with Crippen LogP contribution in [-0.2, 0) is 16.4 Å². The number of halogens is 1. The summed E-state index contributed by atoms with van der Waals surface area (Å²) >= 11 is 3.50. The lowest BCUT2D eigenvalue weighted by Gasteiger charge is -2.05. The van der Waals surface area contributed by atoms with Gasteiger partial charge in [-0.1, -0.05) is 22.0 Å². The minimum absolute atomic E-state index is 0.237. The average molecular weight is 316 g/mol. The Bertz CT molecular complexity index is 631. The predicted molar refractivity (Wildman–Crippen MR) is 74.0 cm³/mol. The van der Waals surface area contributed by atoms with Crippen LogP contribution in [0.25, 0.3) is 10.9 Å². The van der Waals surface area contributed by atoms with Gasteiger partial charge in [-0.05, 0) is 24.6 Å². The highest BCUT2D eigenvalue weighted by Crippen LogP contribution is 2.24. The molecule has 0 N–H and O–H groups in total. The van der Waals surface area contributed by atoms with E-state index in [4.69, 9.17) is 0 Å². The molecule has 5 heteroatoms. The molecule has 92 valence electrons. The maximum absolute atomic E-state index is 11.1. The fourth-order valence-corrected chi connectivity index (χ4v) is 3.02. The van der Waals surface area contributed by atoms with Gasteiger partial charge in [0.15, 0.2) is 0 Å². The van der Waals surface area contributed by atoms with Crippen LogP contribution in [0.5, 0.6) is 0 Å². The summed E-state index contributed by atoms with van der Waals surface area (Å²) in [6, 6.07) is 8.07. The first-order valence-electron chi connectivity index (χ1n) is 5.38. The molecule has 1 aromatic heterocycles. The first-order valence-corrected chi connectivity index (χ1v) is 8.24. The Morgan fingerprint density at radius 1 is 1.29 bits per heavy atom. The highest BCUT2D eigenvalue weighted by Gasteiger charge is 2.05. The second kappa shape index (κ2) is 4.82. The van der Waals surface area contributed by atoms with E-state index < -0.39 is 9.84 Å². The Morgan fingerprint density at radius 3 is 2.76 bits per heavy atom. The third kappa shape index (κ3) is 3.10. The number of fused-ring (bicyclic) bond motifs is 1. The van der Waals surface area contributed by atoms with Crippen molar-refractivity contribution < 1.29 is 8.42 Å². The Balaban J connectivity index is 2.17. The maximum atomic E-state index is 11.1. The molecule has 0 aliphatic heterocycles. The van der Waals surface area contributed by atoms with Crippen LogP contribution in [0.1, 0.15) is 6.42 Å². The van der Waals surface area contributed by atoms with E-state index in [0.29, 0.717) is 6.42 Å². The molecule has 0 spiro atoms. The highest BCUT2D eigenvalue weighted by atomic mass is 79.9. The molecule has 0 bridgehead atoms. The molecule has 1 aromatic carbocycles. The lowest BCUT2D eigenvalue weighted by molar-refractivity contribution is 0.593. The molecule has 0 aliphatic rings. The summed E-state index contributed by atoms with van der Waals surface area (Å²) in [7, 11) is -2.86. The first kappa shape index (κ1) is 12.6. The topological polar surface area (TPSA) is 39.1 Å². The molecular weight excluding hydrogens is 302 g/mol. The lowest BCUT2D eigenvalue weighted by Crippen LogP contribution is -2.06. The first-order chi connectivity index (χ1) is 7.97. The molecule has 0 fully saturated rings. The summed E-state index contributed by atoms with van der Waals surface area (Å²) in [6.07, 6.45) is 3.92. The Hall–Kier alpha value is -0.810. The number of nitrogens with zero attached hydrogens (tertiary/aromatic N) is 1. The molecule has 1 heterocycles. The summed E-state index contributed by atoms with van der Waals surface area (Å²) in [4.78, 5) is 0. The number of benzene rings is 1. The average Bonchev–Trinajstić information content (AvgIpc) is 2.61. The monoisotopic (exact) mass is 315 g/mol. The molecule has 0 aliphatic carbocycles. The van der Waals surface area contributed by atoms with Crippen molar-refractivity contribution in [2.75, 3.05) is 12.0 Å². The second-order valence-corrected chi connectivity index (χ2v) is 7.28. The third-order valence-corrected chi connectivity index (χ3v) is 4.40. The molecular formula is C12H14BrNO2S. The van der Waals surface area contributed by atoms with Crippen molar-refractivity contribution in [2.45, 2.75) is 13.0 Å². The largest absolute Gasteiger partial charge is 0.347 e. The number of aryl methyl sites for hydroxylation is 1. The van der Waals surface area contributed by atoms with Crippen molar-refractivity contribution in [3.05, 3.63) is 34.9 Å². The van der Waals surface area contributed by atoms with E-state index >= 15 is 0 Å². The zero-order chi connectivity index (χ0) is 12.5. The third-order valence-electron chi connectivity index (χ3n) is 2.67. The maximum Gasteiger partial charge on any atom is 0.147 e. The van der Waals surface area contributed by atoms with Crippen molar-refractivity contribution in [3.63, 3.8) is 0 Å². The molecule has 0 radical (unpaired) electrons. The smallest absolute Gasteiger partial charge is 0.147 e. The van der Waals surface area contributed by atoms with Crippen LogP contribution in [0.4, 0.5) is 0 Å². The minimum atomic E-state index is -2.86. The second-order valence-electron chi connectivity index (χ2n) is 4.17. The SMILES string of the molecule is CS(=O)(=O)CCCn1ccc2c(Br)cccc21. The number of aromatic nitrogens is 1. The standard InChI is InChI=1S/C12H14BrNO2S/c1-17(15,16)9-3-7-14-8-6-10-11(13)4-2-5-12(10)14/h2,4-6,8H,3,7,9H2,1H3. The van der Waals surface area contributed by atoms with Crippen LogP contribution in [0.3, 0.4) is 0 Å². The van der Waals surface area contributed by atoms with Gasteiger partial charge in [0.2, 0.25) is 0 Å². The fourth-order valence-electron chi connectivity index (χ4n) is 1.88. The molecule has 17 heavy (non-hydrogen) atoms. The Kier molecular flexibility index (Phi) is 3.58. The number of hydrogen-bond donors (Lipinski definition) is 0. The normalized spacial score (nSPS) is 12.1. The Labute approximate surface area is 109 Å². The van der Waals surface area contributed by atoms with Gasteiger partial charge in [0.25, 0.3) is 0 Å². The van der Waals surface area contributed by atoms with E-state index in [1.54, 1.807) is 0 Å². The van der Waals surface area contributed by atoms with Gasteiger partial charge >= 0.3 is 0 Å². The summed E-state index contributed by atoms with van der Waals surface area (Å²) < 4.78 is 25.3. The van der Waals surface area contributed by atoms with Crippen molar-refractivity contribution in [1.29, 1.82) is 0 Å². The van der Waals surface area contributed by atoms with Gasteiger partial charge in [-0.15, -0.1) is 0 Å². The fraction of sp³-hybridized carbons (Fsp3) is 0.333. The van der Waals surface area contributed by atoms with Crippen LogP contribution in [-0.4, -0.2) is 25.0 Å². The van der Waals surface area contributed by atoms with Gasteiger partial charge in [-0.2, -0.15) is 0 Å². The van der Waals surface area contributed by atoms with Gasteiger partial charge < -0.3 is 4.57 Å². The zero-order valence-electron chi connectivity index (χ0n) is 9.56. The Morgan fingerprint density at radius 2 is 2.06 bits per heavy atom. The summed E-state index contributed by atoms with van der Waals surface area (Å²) in [5.74, 6) is 0.237. The lowest BCUT2D eigenvalue weighted by atomic mass is 10.2. The van der Waals surface area contributed by atoms with Crippen molar-refractivity contribution in [1.82, 2.24) is 4.57 Å². The van der Waals surface area contributed by atoms with E-state index in [1.165, 1.54) is 6.26 Å². The molecule has 0 unspecified atom stereocenters. The van der Waals surface area contributed by atoms with Gasteiger partial charge in [0.05, 0.1) is 5.75 Å². The predicted octanol–water partition coefficient (Wildman–Crippen LogP) is 2.84. The van der Waals surface area contributed by atoms with Crippen LogP contribution < -0.4 is 0 Å². The summed E-state index contributed by atoms with van der Waals surface area (Å²) in [5, 5.41) is 1.16. The van der Waals surface area contributed by atoms with E-state index in [9.17, 15) is 8.42 Å². The van der Waals surface area contributed by atoms with Gasteiger partial charge in [-0.3, -0.25) is 0 Å². The summed E-state index contributed by atoms with van der Waals surface area (Å²) in [5.41, 5.74) is 1.13. The van der Waals surface area contributed by atoms with Crippen molar-refractivity contribution in [3.8, 4) is 0 Å². The molecule has 0 atom stereocenters. The minimum Gasteiger partial charge on any atom is -0.347 e. The zero-order valence-corrected chi connectivity index (χ0v) is 12.0. The van der Waals surface area contributed by atoms with Gasteiger partial charge in [0.1, 0.15) is 9.84 Å². The highest BCUT2D eigenvalue weighted by molar-refractivity contribution is 9.10. The van der Waals surface area contributed by atoms with E-state index in [1.807, 2.05) is 30.5 Å². The number of hydrogen-bond acceptors (Lipinski definition) is 2. The van der Waals surface area contributed by atoms with E-state index in [-0.39, 0.29) is 5.75 Å².